The average Bonchev–Trinajstić information content (AvgIpc) is 2.74. The second kappa shape index (κ2) is 13.4. The van der Waals surface area contributed by atoms with Crippen LogP contribution in [0.25, 0.3) is 0 Å². The van der Waals surface area contributed by atoms with Crippen LogP contribution in [-0.4, -0.2) is 95.4 Å². The normalized spacial score (nSPS) is 11.9. The fourth-order valence-electron chi connectivity index (χ4n) is 2.34. The van der Waals surface area contributed by atoms with E-state index in [1.54, 1.807) is 22.6 Å². The van der Waals surface area contributed by atoms with Gasteiger partial charge in [-0.2, -0.15) is 0 Å². The summed E-state index contributed by atoms with van der Waals surface area (Å²) >= 11 is 5.50. The molecule has 1 aromatic rings. The van der Waals surface area contributed by atoms with E-state index < -0.39 is 56.3 Å². The molecule has 0 saturated carbocycles. The van der Waals surface area contributed by atoms with Crippen LogP contribution in [0, 0.1) is 10.7 Å². The molecule has 0 spiro atoms. The van der Waals surface area contributed by atoms with E-state index in [0.29, 0.717) is 7.14 Å². The highest BCUT2D eigenvalue weighted by Gasteiger charge is 2.31. The van der Waals surface area contributed by atoms with E-state index in [2.05, 4.69) is 10.6 Å². The Labute approximate surface area is 219 Å². The van der Waals surface area contributed by atoms with Crippen molar-refractivity contribution in [2.24, 2.45) is 0 Å². The minimum absolute atomic E-state index is 0.0361. The van der Waals surface area contributed by atoms with Crippen LogP contribution in [-0.2, 0) is 4.79 Å². The first-order chi connectivity index (χ1) is 14.5. The molecule has 3 amide bonds. The van der Waals surface area contributed by atoms with Gasteiger partial charge in [-0.1, -0.05) is 0 Å². The van der Waals surface area contributed by atoms with Gasteiger partial charge >= 0.3 is 0 Å². The highest BCUT2D eigenvalue weighted by Crippen LogP contribution is 2.37. The molecule has 0 bridgehead atoms. The van der Waals surface area contributed by atoms with Crippen molar-refractivity contribution in [1.29, 1.82) is 0 Å². The predicted octanol–water partition coefficient (Wildman–Crippen LogP) is -1.38. The number of nitrogens with zero attached hydrogens (tertiary/aromatic N) is 1. The van der Waals surface area contributed by atoms with Gasteiger partial charge in [0.1, 0.15) is 6.61 Å². The van der Waals surface area contributed by atoms with Crippen molar-refractivity contribution in [3.63, 3.8) is 0 Å². The number of nitrogens with one attached hydrogen (secondary N) is 2. The molecule has 0 aromatic heterocycles. The Bertz CT molecular complexity index is 836. The Morgan fingerprint density at radius 1 is 0.903 bits per heavy atom. The number of rotatable bonds is 10. The Balaban J connectivity index is 3.67. The monoisotopic (exact) mass is 777 g/mol. The number of amides is 3. The van der Waals surface area contributed by atoms with E-state index in [1.807, 2.05) is 45.2 Å². The van der Waals surface area contributed by atoms with Crippen LogP contribution in [0.2, 0.25) is 0 Å². The SMILES string of the molecule is CN(C(=O)CO)c1c(I)c(C(=O)NCC(O)CO)c(I)c(C(=O)NC(CO)CO)c1I. The van der Waals surface area contributed by atoms with Gasteiger partial charge in [0.15, 0.2) is 0 Å². The predicted molar refractivity (Wildman–Crippen MR) is 136 cm³/mol. The van der Waals surface area contributed by atoms with E-state index >= 15 is 0 Å². The van der Waals surface area contributed by atoms with E-state index in [0.717, 1.165) is 4.90 Å². The van der Waals surface area contributed by atoms with Gasteiger partial charge in [-0.15, -0.1) is 0 Å². The number of halogens is 3. The third-order valence-corrected chi connectivity index (χ3v) is 7.26. The van der Waals surface area contributed by atoms with Crippen molar-refractivity contribution in [3.05, 3.63) is 21.8 Å². The third-order valence-electron chi connectivity index (χ3n) is 4.08. The maximum absolute atomic E-state index is 12.9. The Hall–Kier alpha value is -0.380. The molecule has 0 aliphatic carbocycles. The second-order valence-electron chi connectivity index (χ2n) is 6.23. The molecule has 7 N–H and O–H groups in total. The fraction of sp³-hybridized carbons (Fsp3) is 0.471. The van der Waals surface area contributed by atoms with Gasteiger partial charge in [-0.25, -0.2) is 0 Å². The molecule has 0 fully saturated rings. The lowest BCUT2D eigenvalue weighted by molar-refractivity contribution is -0.121. The summed E-state index contributed by atoms with van der Waals surface area (Å²) in [5.74, 6) is -2.01. The van der Waals surface area contributed by atoms with Crippen LogP contribution in [0.5, 0.6) is 0 Å². The first-order valence-corrected chi connectivity index (χ1v) is 12.0. The summed E-state index contributed by atoms with van der Waals surface area (Å²) < 4.78 is 0.877. The van der Waals surface area contributed by atoms with Crippen LogP contribution in [0.3, 0.4) is 0 Å². The molecule has 1 unspecified atom stereocenters. The lowest BCUT2D eigenvalue weighted by Crippen LogP contribution is -2.42. The van der Waals surface area contributed by atoms with Crippen LogP contribution >= 0.6 is 67.8 Å². The van der Waals surface area contributed by atoms with Crippen molar-refractivity contribution < 1.29 is 39.9 Å². The van der Waals surface area contributed by atoms with Gasteiger partial charge in [-0.3, -0.25) is 14.4 Å². The molecule has 11 nitrogen and oxygen atoms in total. The molecule has 0 heterocycles. The highest BCUT2D eigenvalue weighted by atomic mass is 127. The quantitative estimate of drug-likeness (QED) is 0.142. The number of carbonyl (C=O) groups excluding carboxylic acids is 3. The summed E-state index contributed by atoms with van der Waals surface area (Å²) in [7, 11) is 1.38. The molecular formula is C17H22I3N3O8. The number of carbonyl (C=O) groups is 3. The van der Waals surface area contributed by atoms with Crippen molar-refractivity contribution in [3.8, 4) is 0 Å². The van der Waals surface area contributed by atoms with Crippen molar-refractivity contribution in [2.75, 3.05) is 44.9 Å². The van der Waals surface area contributed by atoms with Crippen LogP contribution < -0.4 is 15.5 Å². The smallest absolute Gasteiger partial charge is 0.253 e. The molecule has 1 rings (SSSR count). The summed E-state index contributed by atoms with van der Waals surface area (Å²) in [5, 5.41) is 51.2. The van der Waals surface area contributed by atoms with Gasteiger partial charge in [0.05, 0.1) is 55.9 Å². The average molecular weight is 777 g/mol. The van der Waals surface area contributed by atoms with Gasteiger partial charge in [-0.05, 0) is 67.8 Å². The molecule has 0 aliphatic heterocycles. The standard InChI is InChI=1S/C17H22I3N3O8/c1-23(9(29)6-27)15-13(19)10(16(30)21-2-8(28)5-26)12(18)11(14(15)20)17(31)22-7(3-24)4-25/h7-8,24-28H,2-6H2,1H3,(H,21,30)(H,22,31). The van der Waals surface area contributed by atoms with E-state index in [4.69, 9.17) is 5.11 Å². The van der Waals surface area contributed by atoms with E-state index in [1.165, 1.54) is 7.05 Å². The number of likely N-dealkylation sites (N-methyl/N-ethyl adjacent to an activating group) is 1. The number of hydrogen-bond donors (Lipinski definition) is 7. The van der Waals surface area contributed by atoms with E-state index in [-0.39, 0.29) is 26.9 Å². The van der Waals surface area contributed by atoms with Crippen LogP contribution in [0.4, 0.5) is 5.69 Å². The van der Waals surface area contributed by atoms with Crippen molar-refractivity contribution >= 4 is 91.2 Å². The molecular weight excluding hydrogens is 755 g/mol. The lowest BCUT2D eigenvalue weighted by atomic mass is 10.1. The van der Waals surface area contributed by atoms with Crippen LogP contribution in [0.1, 0.15) is 20.7 Å². The van der Waals surface area contributed by atoms with Crippen LogP contribution in [0.15, 0.2) is 0 Å². The van der Waals surface area contributed by atoms with Crippen molar-refractivity contribution in [1.82, 2.24) is 10.6 Å². The third kappa shape index (κ3) is 7.05. The highest BCUT2D eigenvalue weighted by molar-refractivity contribution is 14.1. The minimum Gasteiger partial charge on any atom is -0.394 e. The molecule has 174 valence electrons. The Morgan fingerprint density at radius 3 is 1.87 bits per heavy atom. The zero-order valence-electron chi connectivity index (χ0n) is 16.2. The number of aliphatic hydroxyl groups is 5. The van der Waals surface area contributed by atoms with Crippen molar-refractivity contribution in [2.45, 2.75) is 12.1 Å². The van der Waals surface area contributed by atoms with Gasteiger partial charge in [0.2, 0.25) is 0 Å². The Morgan fingerprint density at radius 2 is 1.42 bits per heavy atom. The molecule has 1 aromatic carbocycles. The van der Waals surface area contributed by atoms with Gasteiger partial charge in [0.25, 0.3) is 17.7 Å². The van der Waals surface area contributed by atoms with Gasteiger partial charge in [0, 0.05) is 17.2 Å². The number of benzene rings is 1. The summed E-state index contributed by atoms with van der Waals surface area (Å²) in [6.07, 6.45) is -1.18. The maximum Gasteiger partial charge on any atom is 0.253 e. The molecule has 31 heavy (non-hydrogen) atoms. The first kappa shape index (κ1) is 28.7. The van der Waals surface area contributed by atoms with Gasteiger partial charge < -0.3 is 41.1 Å². The van der Waals surface area contributed by atoms with E-state index in [9.17, 15) is 34.8 Å². The molecule has 14 heteroatoms. The summed E-state index contributed by atoms with van der Waals surface area (Å²) in [6.45, 7) is -2.62. The molecule has 1 atom stereocenters. The summed E-state index contributed by atoms with van der Waals surface area (Å²) in [6, 6.07) is -0.935. The number of anilines is 1. The fourth-order valence-corrected chi connectivity index (χ4v) is 7.21. The Kier molecular flexibility index (Phi) is 12.3. The minimum atomic E-state index is -1.18. The first-order valence-electron chi connectivity index (χ1n) is 8.73. The number of hydrogen-bond acceptors (Lipinski definition) is 8. The maximum atomic E-state index is 12.9. The summed E-state index contributed by atoms with van der Waals surface area (Å²) in [4.78, 5) is 39.0. The largest absolute Gasteiger partial charge is 0.394 e. The molecule has 0 aliphatic rings. The molecule has 0 saturated heterocycles. The molecule has 0 radical (unpaired) electrons. The summed E-state index contributed by atoms with van der Waals surface area (Å²) in [5.41, 5.74) is 0.297. The topological polar surface area (TPSA) is 180 Å². The number of aliphatic hydroxyl groups excluding tert-OH is 5. The second-order valence-corrected chi connectivity index (χ2v) is 9.47. The lowest BCUT2D eigenvalue weighted by Gasteiger charge is -2.25. The zero-order chi connectivity index (χ0) is 23.9. The zero-order valence-corrected chi connectivity index (χ0v) is 22.7.